The van der Waals surface area contributed by atoms with Gasteiger partial charge in [0.2, 0.25) is 10.0 Å². The molecule has 1 aliphatic rings. The fourth-order valence-electron chi connectivity index (χ4n) is 4.38. The molecule has 0 aromatic carbocycles. The van der Waals surface area contributed by atoms with E-state index in [2.05, 4.69) is 18.8 Å². The van der Waals surface area contributed by atoms with E-state index in [-0.39, 0.29) is 60.0 Å². The van der Waals surface area contributed by atoms with Crippen LogP contribution in [0.5, 0.6) is 0 Å². The molecule has 0 amide bonds. The maximum atomic E-state index is 11.9. The largest absolute Gasteiger partial charge is 1.00 e. The number of sulfonamides is 1. The fraction of sp³-hybridized carbons (Fsp3) is 0.724. The number of carbonyl (C=O) groups excluding carboxylic acids is 3. The van der Waals surface area contributed by atoms with Crippen LogP contribution >= 0.6 is 0 Å². The van der Waals surface area contributed by atoms with E-state index in [4.69, 9.17) is 19.3 Å². The van der Waals surface area contributed by atoms with Gasteiger partial charge < -0.3 is 18.8 Å². The Balaban J connectivity index is 0.000000957. The number of hydrogen-bond acceptors (Lipinski definition) is 12. The Bertz CT molecular complexity index is 1240. The van der Waals surface area contributed by atoms with Crippen LogP contribution in [0, 0.1) is 0 Å². The molecule has 16 heteroatoms. The summed E-state index contributed by atoms with van der Waals surface area (Å²) in [6, 6.07) is 2.80. The van der Waals surface area contributed by atoms with E-state index in [9.17, 15) is 35.8 Å². The average Bonchev–Trinajstić information content (AvgIpc) is 3.39. The van der Waals surface area contributed by atoms with Gasteiger partial charge in [0.15, 0.2) is 5.25 Å². The third kappa shape index (κ3) is 18.3. The molecule has 0 aliphatic carbocycles. The molecule has 2 unspecified atom stereocenters. The van der Waals surface area contributed by atoms with Crippen molar-refractivity contribution < 1.29 is 79.5 Å². The molecule has 2 rings (SSSR count). The Morgan fingerprint density at radius 3 is 1.98 bits per heavy atom. The predicted octanol–water partition coefficient (Wildman–Crippen LogP) is 0.861. The van der Waals surface area contributed by atoms with Gasteiger partial charge in [0, 0.05) is 12.6 Å². The number of ether oxygens (including phenoxy) is 3. The number of hydrogen-bond donors (Lipinski definition) is 1. The first-order valence-electron chi connectivity index (χ1n) is 15.2. The van der Waals surface area contributed by atoms with Gasteiger partial charge in [-0.1, -0.05) is 78.1 Å². The second kappa shape index (κ2) is 23.7. The van der Waals surface area contributed by atoms with Crippen molar-refractivity contribution in [2.75, 3.05) is 19.8 Å². The zero-order valence-corrected chi connectivity index (χ0v) is 30.4. The van der Waals surface area contributed by atoms with Crippen LogP contribution in [0.1, 0.15) is 115 Å². The van der Waals surface area contributed by atoms with E-state index in [1.165, 1.54) is 24.8 Å². The first kappa shape index (κ1) is 43.4. The molecule has 0 saturated carbocycles. The topological polar surface area (TPSA) is 209 Å². The normalized spacial score (nSPS) is 15.2. The molecule has 2 heterocycles. The molecule has 1 fully saturated rings. The van der Waals surface area contributed by atoms with Crippen molar-refractivity contribution in [3.8, 4) is 0 Å². The van der Waals surface area contributed by atoms with Crippen LogP contribution in [0.3, 0.4) is 0 Å². The Morgan fingerprint density at radius 2 is 1.49 bits per heavy atom. The number of nitrogens with zero attached hydrogens (tertiary/aromatic N) is 1. The SMILES string of the molecule is CCCCCCCCOC(=O)CC(C(=O)OCCCCCCCC)S(=O)(=O)[O-].NS(=O)(=O)c1cccnc1C1CCOC1=O.[Na+]. The summed E-state index contributed by atoms with van der Waals surface area (Å²) in [5, 5.41) is 3.01. The van der Waals surface area contributed by atoms with Gasteiger partial charge in [-0.3, -0.25) is 19.4 Å². The first-order valence-corrected chi connectivity index (χ1v) is 18.3. The summed E-state index contributed by atoms with van der Waals surface area (Å²) in [6.45, 7) is 4.72. The van der Waals surface area contributed by atoms with Gasteiger partial charge in [0.1, 0.15) is 20.9 Å². The van der Waals surface area contributed by atoms with Crippen molar-refractivity contribution in [1.82, 2.24) is 4.98 Å². The number of carbonyl (C=O) groups is 3. The van der Waals surface area contributed by atoms with Crippen LogP contribution in [-0.4, -0.2) is 69.4 Å². The zero-order chi connectivity index (χ0) is 33.0. The molecule has 1 aromatic heterocycles. The van der Waals surface area contributed by atoms with E-state index in [0.717, 1.165) is 57.8 Å². The Hall–Kier alpha value is -1.62. The molecular weight excluding hydrogens is 639 g/mol. The van der Waals surface area contributed by atoms with Crippen LogP contribution in [-0.2, 0) is 48.7 Å². The molecule has 13 nitrogen and oxygen atoms in total. The summed E-state index contributed by atoms with van der Waals surface area (Å²) in [4.78, 5) is 38.9. The molecule has 0 spiro atoms. The molecule has 2 N–H and O–H groups in total. The molecule has 1 saturated heterocycles. The molecule has 2 atom stereocenters. The third-order valence-electron chi connectivity index (χ3n) is 6.84. The van der Waals surface area contributed by atoms with E-state index < -0.39 is 55.6 Å². The number of rotatable bonds is 20. The standard InChI is InChI=1S/C20H38O7S.C9H10N2O4S.Na/c1-3-5-7-9-11-13-15-26-19(21)17-18(28(23,24)25)20(22)27-16-14-12-10-8-6-4-2;10-16(13,14)7-2-1-4-11-8(7)6-3-5-15-9(6)12;/h18H,3-17H2,1-2H3,(H,23,24,25);1-2,4,6H,3,5H2,(H2,10,13,14);/q;;+1/p-1. The van der Waals surface area contributed by atoms with Crippen LogP contribution in [0.25, 0.3) is 0 Å². The molecule has 0 bridgehead atoms. The van der Waals surface area contributed by atoms with Gasteiger partial charge in [-0.25, -0.2) is 22.0 Å². The quantitative estimate of drug-likeness (QED) is 0.0666. The minimum atomic E-state index is -4.98. The number of unbranched alkanes of at least 4 members (excludes halogenated alkanes) is 10. The number of cyclic esters (lactones) is 1. The van der Waals surface area contributed by atoms with Crippen molar-refractivity contribution in [2.45, 2.75) is 120 Å². The molecule has 1 aromatic rings. The number of esters is 3. The number of pyridine rings is 1. The minimum Gasteiger partial charge on any atom is -0.747 e. The van der Waals surface area contributed by atoms with E-state index in [1.807, 2.05) is 0 Å². The Morgan fingerprint density at radius 1 is 0.956 bits per heavy atom. The van der Waals surface area contributed by atoms with Gasteiger partial charge in [-0.05, 0) is 25.0 Å². The van der Waals surface area contributed by atoms with Crippen molar-refractivity contribution in [2.24, 2.45) is 5.14 Å². The van der Waals surface area contributed by atoms with Gasteiger partial charge in [-0.15, -0.1) is 0 Å². The summed E-state index contributed by atoms with van der Waals surface area (Å²) in [7, 11) is -8.85. The van der Waals surface area contributed by atoms with Crippen LogP contribution in [0.2, 0.25) is 0 Å². The van der Waals surface area contributed by atoms with Gasteiger partial charge in [-0.2, -0.15) is 0 Å². The maximum Gasteiger partial charge on any atom is 1.00 e. The minimum absolute atomic E-state index is 0. The Kier molecular flexibility index (Phi) is 22.8. The summed E-state index contributed by atoms with van der Waals surface area (Å²) in [6.07, 6.45) is 13.0. The summed E-state index contributed by atoms with van der Waals surface area (Å²) in [5.41, 5.74) is 0.174. The van der Waals surface area contributed by atoms with E-state index in [1.54, 1.807) is 0 Å². The molecule has 1 aliphatic heterocycles. The van der Waals surface area contributed by atoms with Crippen molar-refractivity contribution in [3.05, 3.63) is 24.0 Å². The van der Waals surface area contributed by atoms with Crippen LogP contribution < -0.4 is 34.7 Å². The molecule has 45 heavy (non-hydrogen) atoms. The second-order valence-corrected chi connectivity index (χ2v) is 13.6. The number of primary sulfonamides is 1. The van der Waals surface area contributed by atoms with E-state index in [0.29, 0.717) is 19.3 Å². The van der Waals surface area contributed by atoms with Gasteiger partial charge >= 0.3 is 47.5 Å². The number of nitrogens with two attached hydrogens (primary N) is 1. The van der Waals surface area contributed by atoms with Crippen molar-refractivity contribution in [1.29, 1.82) is 0 Å². The third-order valence-corrected chi connectivity index (χ3v) is 8.85. The van der Waals surface area contributed by atoms with E-state index >= 15 is 0 Å². The van der Waals surface area contributed by atoms with Crippen LogP contribution in [0.4, 0.5) is 0 Å². The smallest absolute Gasteiger partial charge is 0.747 e. The molecule has 252 valence electrons. The second-order valence-electron chi connectivity index (χ2n) is 10.5. The summed E-state index contributed by atoms with van der Waals surface area (Å²) in [5.74, 6) is -3.12. The fourth-order valence-corrected chi connectivity index (χ4v) is 5.78. The predicted molar refractivity (Wildman–Crippen MR) is 161 cm³/mol. The summed E-state index contributed by atoms with van der Waals surface area (Å²) < 4.78 is 71.2. The summed E-state index contributed by atoms with van der Waals surface area (Å²) >= 11 is 0. The van der Waals surface area contributed by atoms with Crippen molar-refractivity contribution in [3.63, 3.8) is 0 Å². The molecule has 0 radical (unpaired) electrons. The van der Waals surface area contributed by atoms with Crippen LogP contribution in [0.15, 0.2) is 23.2 Å². The first-order chi connectivity index (χ1) is 20.8. The average molecular weight is 687 g/mol. The Labute approximate surface area is 289 Å². The van der Waals surface area contributed by atoms with Gasteiger partial charge in [0.25, 0.3) is 0 Å². The van der Waals surface area contributed by atoms with Gasteiger partial charge in [0.05, 0.1) is 31.9 Å². The monoisotopic (exact) mass is 686 g/mol. The zero-order valence-electron chi connectivity index (χ0n) is 26.7. The maximum absolute atomic E-state index is 11.9. The number of aromatic nitrogens is 1. The van der Waals surface area contributed by atoms with Crippen molar-refractivity contribution >= 4 is 38.0 Å². The molecular formula is C29H47N2NaO11S2.